The molecular weight excluding hydrogens is 548 g/mol. The third-order valence-corrected chi connectivity index (χ3v) is 11.1. The van der Waals surface area contributed by atoms with Gasteiger partial charge in [0.1, 0.15) is 5.78 Å². The molecule has 7 rings (SSSR count). The monoisotopic (exact) mass is 578 g/mol. The van der Waals surface area contributed by atoms with Gasteiger partial charge in [0.25, 0.3) is 0 Å². The van der Waals surface area contributed by atoms with Crippen molar-refractivity contribution in [3.05, 3.63) is 114 Å². The summed E-state index contributed by atoms with van der Waals surface area (Å²) in [4.78, 5) is 42.9. The minimum atomic E-state index is -4.05. The highest BCUT2D eigenvalue weighted by Gasteiger charge is 2.63. The Kier molecular flexibility index (Phi) is 6.36. The van der Waals surface area contributed by atoms with E-state index in [1.165, 1.54) is 9.21 Å². The van der Waals surface area contributed by atoms with Gasteiger partial charge >= 0.3 is 0 Å². The zero-order chi connectivity index (χ0) is 29.2. The molecule has 3 fully saturated rings. The normalized spacial score (nSPS) is 26.1. The predicted molar refractivity (Wildman–Crippen MR) is 157 cm³/mol. The fourth-order valence-corrected chi connectivity index (χ4v) is 9.00. The standard InChI is InChI=1S/C34H30N2O5S/c1-21-14-16-24(17-15-21)42(40,41)36-20-28-30-27(33(38)35(34(30)39)19-22-8-3-2-4-9-22)18-29(37)31(28)32(36)26-13-7-11-23-10-5-6-12-25(23)26/h2-17,27-28,30-32H,18-20H2,1H3/t27-,28-,30-,31-,32-/m0/s1. The van der Waals surface area contributed by atoms with Crippen LogP contribution in [0.3, 0.4) is 0 Å². The number of hydrogen-bond acceptors (Lipinski definition) is 5. The second-order valence-corrected chi connectivity index (χ2v) is 13.5. The summed E-state index contributed by atoms with van der Waals surface area (Å²) < 4.78 is 30.0. The first-order chi connectivity index (χ1) is 20.3. The molecule has 5 atom stereocenters. The van der Waals surface area contributed by atoms with E-state index in [9.17, 15) is 22.8 Å². The van der Waals surface area contributed by atoms with Crippen molar-refractivity contribution in [2.75, 3.05) is 6.54 Å². The maximum atomic E-state index is 14.3. The van der Waals surface area contributed by atoms with E-state index in [4.69, 9.17) is 0 Å². The number of rotatable bonds is 5. The Hall–Kier alpha value is -4.14. The molecule has 0 radical (unpaired) electrons. The van der Waals surface area contributed by atoms with E-state index in [-0.39, 0.29) is 42.0 Å². The molecule has 1 aliphatic carbocycles. The van der Waals surface area contributed by atoms with E-state index < -0.39 is 39.7 Å². The highest BCUT2D eigenvalue weighted by molar-refractivity contribution is 7.89. The number of carbonyl (C=O) groups excluding carboxylic acids is 3. The Morgan fingerprint density at radius 2 is 1.45 bits per heavy atom. The van der Waals surface area contributed by atoms with E-state index in [1.54, 1.807) is 24.3 Å². The van der Waals surface area contributed by atoms with Crippen LogP contribution in [0.4, 0.5) is 0 Å². The number of ketones is 1. The number of likely N-dealkylation sites (tertiary alicyclic amines) is 1. The van der Waals surface area contributed by atoms with E-state index in [2.05, 4.69) is 0 Å². The highest BCUT2D eigenvalue weighted by Crippen LogP contribution is 2.55. The van der Waals surface area contributed by atoms with Crippen molar-refractivity contribution < 1.29 is 22.8 Å². The third kappa shape index (κ3) is 4.12. The Morgan fingerprint density at radius 1 is 0.762 bits per heavy atom. The average Bonchev–Trinajstić information content (AvgIpc) is 3.51. The fourth-order valence-electron chi connectivity index (χ4n) is 7.34. The second-order valence-electron chi connectivity index (χ2n) is 11.6. The molecule has 0 N–H and O–H groups in total. The first kappa shape index (κ1) is 26.7. The topological polar surface area (TPSA) is 91.8 Å². The molecule has 4 aromatic carbocycles. The van der Waals surface area contributed by atoms with Crippen molar-refractivity contribution in [3.63, 3.8) is 0 Å². The predicted octanol–water partition coefficient (Wildman–Crippen LogP) is 4.90. The molecule has 0 aromatic heterocycles. The van der Waals surface area contributed by atoms with Crippen molar-refractivity contribution in [2.24, 2.45) is 23.7 Å². The zero-order valence-electron chi connectivity index (χ0n) is 23.1. The summed E-state index contributed by atoms with van der Waals surface area (Å²) >= 11 is 0. The van der Waals surface area contributed by atoms with Crippen LogP contribution in [0.25, 0.3) is 10.8 Å². The molecule has 212 valence electrons. The first-order valence-electron chi connectivity index (χ1n) is 14.2. The van der Waals surface area contributed by atoms with Crippen LogP contribution in [-0.2, 0) is 31.0 Å². The Morgan fingerprint density at radius 3 is 2.21 bits per heavy atom. The maximum Gasteiger partial charge on any atom is 0.243 e. The number of imide groups is 1. The number of sulfonamides is 1. The van der Waals surface area contributed by atoms with Crippen molar-refractivity contribution in [1.82, 2.24) is 9.21 Å². The number of aryl methyl sites for hydroxylation is 1. The van der Waals surface area contributed by atoms with Crippen molar-refractivity contribution >= 4 is 38.4 Å². The van der Waals surface area contributed by atoms with E-state index in [0.29, 0.717) is 0 Å². The van der Waals surface area contributed by atoms with Crippen LogP contribution < -0.4 is 0 Å². The van der Waals surface area contributed by atoms with E-state index in [1.807, 2.05) is 79.7 Å². The summed E-state index contributed by atoms with van der Waals surface area (Å²) in [5.74, 6) is -3.71. The van der Waals surface area contributed by atoms with Gasteiger partial charge in [-0.15, -0.1) is 0 Å². The molecule has 7 nitrogen and oxygen atoms in total. The smallest absolute Gasteiger partial charge is 0.243 e. The molecule has 3 aliphatic rings. The third-order valence-electron chi connectivity index (χ3n) is 9.28. The Labute approximate surface area is 244 Å². The Bertz CT molecular complexity index is 1830. The fraction of sp³-hybridized carbons (Fsp3) is 0.265. The summed E-state index contributed by atoms with van der Waals surface area (Å²) in [5.41, 5.74) is 2.49. The number of Topliss-reactive ketones (excluding diaryl/α,β-unsaturated/α-hetero) is 1. The number of carbonyl (C=O) groups is 3. The van der Waals surface area contributed by atoms with Crippen LogP contribution in [0.15, 0.2) is 102 Å². The molecule has 2 heterocycles. The zero-order valence-corrected chi connectivity index (χ0v) is 23.9. The Balaban J connectivity index is 1.35. The maximum absolute atomic E-state index is 14.3. The lowest BCUT2D eigenvalue weighted by molar-refractivity contribution is -0.141. The van der Waals surface area contributed by atoms with Gasteiger partial charge in [0.15, 0.2) is 0 Å². The first-order valence-corrected chi connectivity index (χ1v) is 15.7. The van der Waals surface area contributed by atoms with Crippen molar-refractivity contribution in [1.29, 1.82) is 0 Å². The summed E-state index contributed by atoms with van der Waals surface area (Å²) in [5, 5.41) is 1.80. The molecule has 4 aromatic rings. The van der Waals surface area contributed by atoms with Crippen LogP contribution >= 0.6 is 0 Å². The van der Waals surface area contributed by atoms with E-state index in [0.717, 1.165) is 27.5 Å². The van der Waals surface area contributed by atoms with Crippen LogP contribution in [0.5, 0.6) is 0 Å². The lowest BCUT2D eigenvalue weighted by Crippen LogP contribution is -2.42. The minimum absolute atomic E-state index is 0.0140. The van der Waals surface area contributed by atoms with Gasteiger partial charge in [0, 0.05) is 18.9 Å². The van der Waals surface area contributed by atoms with Gasteiger partial charge in [-0.25, -0.2) is 8.42 Å². The molecule has 1 saturated carbocycles. The molecule has 2 saturated heterocycles. The van der Waals surface area contributed by atoms with Crippen molar-refractivity contribution in [3.8, 4) is 0 Å². The highest BCUT2D eigenvalue weighted by atomic mass is 32.2. The van der Waals surface area contributed by atoms with Crippen LogP contribution in [0, 0.1) is 30.6 Å². The average molecular weight is 579 g/mol. The lowest BCUT2D eigenvalue weighted by atomic mass is 9.66. The number of benzene rings is 4. The van der Waals surface area contributed by atoms with Gasteiger partial charge < -0.3 is 0 Å². The van der Waals surface area contributed by atoms with Gasteiger partial charge in [0.2, 0.25) is 21.8 Å². The minimum Gasteiger partial charge on any atom is -0.299 e. The molecule has 2 aliphatic heterocycles. The molecule has 42 heavy (non-hydrogen) atoms. The summed E-state index contributed by atoms with van der Waals surface area (Å²) in [6.07, 6.45) is -0.0681. The number of hydrogen-bond donors (Lipinski definition) is 0. The van der Waals surface area contributed by atoms with Gasteiger partial charge in [-0.3, -0.25) is 19.3 Å². The molecule has 8 heteroatoms. The summed E-state index contributed by atoms with van der Waals surface area (Å²) in [7, 11) is -4.05. The quantitative estimate of drug-likeness (QED) is 0.314. The van der Waals surface area contributed by atoms with Gasteiger partial charge in [-0.1, -0.05) is 90.5 Å². The molecule has 2 amide bonds. The van der Waals surface area contributed by atoms with E-state index >= 15 is 0 Å². The number of amides is 2. The van der Waals surface area contributed by atoms with Crippen LogP contribution in [0.1, 0.15) is 29.2 Å². The number of nitrogens with zero attached hydrogens (tertiary/aromatic N) is 2. The molecule has 0 spiro atoms. The molecule has 0 bridgehead atoms. The van der Waals surface area contributed by atoms with Crippen LogP contribution in [0.2, 0.25) is 0 Å². The van der Waals surface area contributed by atoms with Crippen molar-refractivity contribution in [2.45, 2.75) is 30.8 Å². The largest absolute Gasteiger partial charge is 0.299 e. The lowest BCUT2D eigenvalue weighted by Gasteiger charge is -2.34. The summed E-state index contributed by atoms with van der Waals surface area (Å²) in [6, 6.07) is 28.6. The van der Waals surface area contributed by atoms with Gasteiger partial charge in [-0.2, -0.15) is 4.31 Å². The summed E-state index contributed by atoms with van der Waals surface area (Å²) in [6.45, 7) is 2.01. The van der Waals surface area contributed by atoms with Crippen LogP contribution in [-0.4, -0.2) is 41.8 Å². The van der Waals surface area contributed by atoms with Gasteiger partial charge in [-0.05, 0) is 46.9 Å². The van der Waals surface area contributed by atoms with Gasteiger partial charge in [0.05, 0.1) is 29.3 Å². The molecule has 0 unspecified atom stereocenters. The number of fused-ring (bicyclic) bond motifs is 4. The second kappa shape index (κ2) is 10.00. The molecular formula is C34H30N2O5S. The SMILES string of the molecule is Cc1ccc(S(=O)(=O)N2C[C@H]3[C@H]4C(=O)N(Cc5ccccc5)C(=O)[C@H]4CC(=O)[C@H]3[C@@H]2c2cccc3ccccc23)cc1.